The van der Waals surface area contributed by atoms with Crippen LogP contribution in [0.15, 0.2) is 12.1 Å². The van der Waals surface area contributed by atoms with Gasteiger partial charge in [-0.1, -0.05) is 11.6 Å². The number of ether oxygens (including phenoxy) is 2. The Morgan fingerprint density at radius 2 is 2.23 bits per heavy atom. The molecule has 22 heavy (non-hydrogen) atoms. The standard InChI is InChI=1S/C14H14ClN3O4/c1-8-13(18(19)20)9(2)17(16-8)5-10-3-12(15)4-11-6-21-7-22-14(10)11/h3-4H,5-7H2,1-2H3. The van der Waals surface area contributed by atoms with Crippen molar-refractivity contribution in [3.05, 3.63) is 49.8 Å². The van der Waals surface area contributed by atoms with Gasteiger partial charge in [-0.15, -0.1) is 0 Å². The Hall–Kier alpha value is -2.12. The average Bonchev–Trinajstić information content (AvgIpc) is 2.73. The van der Waals surface area contributed by atoms with Crippen LogP contribution in [0, 0.1) is 24.0 Å². The topological polar surface area (TPSA) is 79.4 Å². The van der Waals surface area contributed by atoms with Crippen molar-refractivity contribution in [2.24, 2.45) is 0 Å². The summed E-state index contributed by atoms with van der Waals surface area (Å²) in [5.74, 6) is 0.714. The van der Waals surface area contributed by atoms with E-state index in [1.54, 1.807) is 30.7 Å². The third kappa shape index (κ3) is 2.53. The maximum atomic E-state index is 11.1. The van der Waals surface area contributed by atoms with Gasteiger partial charge in [0.2, 0.25) is 0 Å². The van der Waals surface area contributed by atoms with E-state index in [9.17, 15) is 10.1 Å². The molecule has 0 saturated heterocycles. The number of hydrogen-bond donors (Lipinski definition) is 0. The van der Waals surface area contributed by atoms with Gasteiger partial charge in [0, 0.05) is 16.1 Å². The highest BCUT2D eigenvalue weighted by atomic mass is 35.5. The molecule has 0 radical (unpaired) electrons. The summed E-state index contributed by atoms with van der Waals surface area (Å²) >= 11 is 6.13. The Morgan fingerprint density at radius 3 is 2.91 bits per heavy atom. The quantitative estimate of drug-likeness (QED) is 0.641. The maximum Gasteiger partial charge on any atom is 0.312 e. The fourth-order valence-electron chi connectivity index (χ4n) is 2.64. The molecule has 0 fully saturated rings. The van der Waals surface area contributed by atoms with Gasteiger partial charge in [-0.25, -0.2) is 0 Å². The number of fused-ring (bicyclic) bond motifs is 1. The first-order valence-electron chi connectivity index (χ1n) is 6.67. The van der Waals surface area contributed by atoms with Crippen LogP contribution in [-0.4, -0.2) is 21.5 Å². The molecule has 0 aliphatic carbocycles. The minimum Gasteiger partial charge on any atom is -0.467 e. The molecule has 3 rings (SSSR count). The number of nitro groups is 1. The van der Waals surface area contributed by atoms with E-state index in [0.29, 0.717) is 35.3 Å². The minimum absolute atomic E-state index is 0.0418. The largest absolute Gasteiger partial charge is 0.467 e. The van der Waals surface area contributed by atoms with Gasteiger partial charge in [0.15, 0.2) is 6.79 Å². The van der Waals surface area contributed by atoms with E-state index in [0.717, 1.165) is 11.1 Å². The molecule has 1 aromatic carbocycles. The number of rotatable bonds is 3. The third-order valence-corrected chi connectivity index (χ3v) is 3.82. The average molecular weight is 324 g/mol. The summed E-state index contributed by atoms with van der Waals surface area (Å²) in [6, 6.07) is 3.58. The highest BCUT2D eigenvalue weighted by Gasteiger charge is 2.23. The smallest absolute Gasteiger partial charge is 0.312 e. The predicted molar refractivity (Wildman–Crippen MR) is 79.2 cm³/mol. The molecule has 116 valence electrons. The summed E-state index contributed by atoms with van der Waals surface area (Å²) in [5.41, 5.74) is 2.63. The highest BCUT2D eigenvalue weighted by Crippen LogP contribution is 2.33. The number of aromatic nitrogens is 2. The number of halogens is 1. The molecule has 0 N–H and O–H groups in total. The first-order valence-corrected chi connectivity index (χ1v) is 7.05. The van der Waals surface area contributed by atoms with Crippen LogP contribution in [0.1, 0.15) is 22.5 Å². The molecule has 1 aliphatic heterocycles. The maximum absolute atomic E-state index is 11.1. The van der Waals surface area contributed by atoms with Crippen molar-refractivity contribution in [2.75, 3.05) is 6.79 Å². The molecule has 1 aromatic heterocycles. The Balaban J connectivity index is 2.02. The molecule has 7 nitrogen and oxygen atoms in total. The van der Waals surface area contributed by atoms with Crippen molar-refractivity contribution in [3.8, 4) is 5.75 Å². The summed E-state index contributed by atoms with van der Waals surface area (Å²) in [7, 11) is 0. The van der Waals surface area contributed by atoms with Crippen molar-refractivity contribution in [2.45, 2.75) is 27.0 Å². The summed E-state index contributed by atoms with van der Waals surface area (Å²) in [6.45, 7) is 4.26. The molecule has 2 heterocycles. The highest BCUT2D eigenvalue weighted by molar-refractivity contribution is 6.30. The SMILES string of the molecule is Cc1nn(Cc2cc(Cl)cc3c2OCOC3)c(C)c1[N+](=O)[O-]. The van der Waals surface area contributed by atoms with Crippen LogP contribution >= 0.6 is 11.6 Å². The van der Waals surface area contributed by atoms with Crippen LogP contribution in [0.3, 0.4) is 0 Å². The lowest BCUT2D eigenvalue weighted by atomic mass is 10.1. The second kappa shape index (κ2) is 5.58. The Kier molecular flexibility index (Phi) is 3.76. The molecule has 0 unspecified atom stereocenters. The van der Waals surface area contributed by atoms with Gasteiger partial charge in [0.25, 0.3) is 0 Å². The lowest BCUT2D eigenvalue weighted by molar-refractivity contribution is -0.386. The van der Waals surface area contributed by atoms with E-state index in [2.05, 4.69) is 5.10 Å². The first kappa shape index (κ1) is 14.8. The normalized spacial score (nSPS) is 13.6. The van der Waals surface area contributed by atoms with E-state index >= 15 is 0 Å². The van der Waals surface area contributed by atoms with Crippen molar-refractivity contribution < 1.29 is 14.4 Å². The number of hydrogen-bond acceptors (Lipinski definition) is 5. The summed E-state index contributed by atoms with van der Waals surface area (Å²) in [6.07, 6.45) is 0. The predicted octanol–water partition coefficient (Wildman–Crippen LogP) is 2.98. The van der Waals surface area contributed by atoms with Crippen molar-refractivity contribution >= 4 is 17.3 Å². The first-order chi connectivity index (χ1) is 10.5. The lowest BCUT2D eigenvalue weighted by Gasteiger charge is -2.21. The molecule has 0 amide bonds. The molecule has 2 aromatic rings. The molecule has 0 saturated carbocycles. The van der Waals surface area contributed by atoms with E-state index in [1.165, 1.54) is 0 Å². The summed E-state index contributed by atoms with van der Waals surface area (Å²) < 4.78 is 12.4. The van der Waals surface area contributed by atoms with Crippen LogP contribution in [-0.2, 0) is 17.9 Å². The second-order valence-corrected chi connectivity index (χ2v) is 5.53. The van der Waals surface area contributed by atoms with Gasteiger partial charge in [-0.3, -0.25) is 14.8 Å². The van der Waals surface area contributed by atoms with Crippen LogP contribution in [0.25, 0.3) is 0 Å². The minimum atomic E-state index is -0.411. The molecule has 0 atom stereocenters. The molecule has 0 bridgehead atoms. The lowest BCUT2D eigenvalue weighted by Crippen LogP contribution is -2.15. The second-order valence-electron chi connectivity index (χ2n) is 5.10. The van der Waals surface area contributed by atoms with Gasteiger partial charge in [-0.2, -0.15) is 5.10 Å². The van der Waals surface area contributed by atoms with Crippen molar-refractivity contribution in [1.82, 2.24) is 9.78 Å². The molecule has 8 heteroatoms. The number of aryl methyl sites for hydroxylation is 1. The van der Waals surface area contributed by atoms with Gasteiger partial charge >= 0.3 is 5.69 Å². The van der Waals surface area contributed by atoms with E-state index in [-0.39, 0.29) is 12.5 Å². The monoisotopic (exact) mass is 323 g/mol. The summed E-state index contributed by atoms with van der Waals surface area (Å²) in [5, 5.41) is 15.9. The van der Waals surface area contributed by atoms with Crippen LogP contribution in [0.4, 0.5) is 5.69 Å². The van der Waals surface area contributed by atoms with Gasteiger partial charge < -0.3 is 9.47 Å². The fraction of sp³-hybridized carbons (Fsp3) is 0.357. The van der Waals surface area contributed by atoms with Crippen LogP contribution < -0.4 is 4.74 Å². The van der Waals surface area contributed by atoms with Crippen LogP contribution in [0.5, 0.6) is 5.75 Å². The Bertz CT molecular complexity index is 757. The van der Waals surface area contributed by atoms with Crippen molar-refractivity contribution in [1.29, 1.82) is 0 Å². The zero-order valence-corrected chi connectivity index (χ0v) is 12.9. The Morgan fingerprint density at radius 1 is 1.45 bits per heavy atom. The van der Waals surface area contributed by atoms with E-state index < -0.39 is 4.92 Å². The van der Waals surface area contributed by atoms with Crippen LogP contribution in [0.2, 0.25) is 5.02 Å². The molecule has 0 spiro atoms. The van der Waals surface area contributed by atoms with Crippen molar-refractivity contribution in [3.63, 3.8) is 0 Å². The van der Waals surface area contributed by atoms with E-state index in [1.807, 2.05) is 0 Å². The zero-order valence-electron chi connectivity index (χ0n) is 12.1. The molecular formula is C14H14ClN3O4. The molecule has 1 aliphatic rings. The molecular weight excluding hydrogens is 310 g/mol. The number of benzene rings is 1. The zero-order chi connectivity index (χ0) is 15.9. The summed E-state index contributed by atoms with van der Waals surface area (Å²) in [4.78, 5) is 10.7. The van der Waals surface area contributed by atoms with Gasteiger partial charge in [0.1, 0.15) is 17.1 Å². The number of nitrogens with zero attached hydrogens (tertiary/aromatic N) is 3. The third-order valence-electron chi connectivity index (χ3n) is 3.60. The Labute approximate surface area is 131 Å². The van der Waals surface area contributed by atoms with Gasteiger partial charge in [-0.05, 0) is 26.0 Å². The fourth-order valence-corrected chi connectivity index (χ4v) is 2.90. The van der Waals surface area contributed by atoms with E-state index in [4.69, 9.17) is 21.1 Å². The van der Waals surface area contributed by atoms with Gasteiger partial charge in [0.05, 0.1) is 18.1 Å².